The Balaban J connectivity index is 2.67. The van der Waals surface area contributed by atoms with Gasteiger partial charge >= 0.3 is 0 Å². The number of likely N-dealkylation sites (N-methyl/N-ethyl adjacent to an activating group) is 1. The van der Waals surface area contributed by atoms with Crippen LogP contribution in [0.4, 0.5) is 0 Å². The van der Waals surface area contributed by atoms with E-state index in [0.717, 1.165) is 12.8 Å². The molecule has 15 heavy (non-hydrogen) atoms. The van der Waals surface area contributed by atoms with Gasteiger partial charge in [0.25, 0.3) is 0 Å². The summed E-state index contributed by atoms with van der Waals surface area (Å²) in [6, 6.07) is 0. The number of amides is 2. The molecular weight excluding hydrogens is 194 g/mol. The quantitative estimate of drug-likeness (QED) is 0.665. The van der Waals surface area contributed by atoms with Crippen LogP contribution in [0.25, 0.3) is 0 Å². The smallest absolute Gasteiger partial charge is 0.243 e. The average Bonchev–Trinajstić information content (AvgIpc) is 2.61. The first-order valence-corrected chi connectivity index (χ1v) is 5.36. The minimum Gasteiger partial charge on any atom is -0.368 e. The van der Waals surface area contributed by atoms with E-state index in [1.807, 2.05) is 6.92 Å². The van der Waals surface area contributed by atoms with Crippen molar-refractivity contribution in [2.24, 2.45) is 11.5 Å². The number of primary amides is 1. The molecule has 5 heteroatoms. The minimum absolute atomic E-state index is 0.0334. The normalized spacial score (nSPS) is 18.8. The SMILES string of the molecule is CCN(CC(N)=O)C(=O)C1(N)CCCC1. The van der Waals surface area contributed by atoms with Crippen LogP contribution in [-0.4, -0.2) is 35.3 Å². The first kappa shape index (κ1) is 12.0. The van der Waals surface area contributed by atoms with Gasteiger partial charge in [-0.2, -0.15) is 0 Å². The van der Waals surface area contributed by atoms with Crippen LogP contribution in [0, 0.1) is 0 Å². The highest BCUT2D eigenvalue weighted by molar-refractivity contribution is 5.90. The van der Waals surface area contributed by atoms with Gasteiger partial charge in [-0.25, -0.2) is 0 Å². The maximum atomic E-state index is 12.0. The third-order valence-corrected chi connectivity index (χ3v) is 2.94. The third kappa shape index (κ3) is 2.68. The van der Waals surface area contributed by atoms with Crippen LogP contribution < -0.4 is 11.5 Å². The van der Waals surface area contributed by atoms with Crippen LogP contribution in [0.3, 0.4) is 0 Å². The molecule has 4 N–H and O–H groups in total. The predicted octanol–water partition coefficient (Wildman–Crippen LogP) is -0.408. The van der Waals surface area contributed by atoms with Gasteiger partial charge in [-0.05, 0) is 19.8 Å². The topological polar surface area (TPSA) is 89.4 Å². The standard InChI is InChI=1S/C10H19N3O2/c1-2-13(7-8(11)14)9(15)10(12)5-3-4-6-10/h2-7,12H2,1H3,(H2,11,14). The van der Waals surface area contributed by atoms with Crippen molar-refractivity contribution in [1.82, 2.24) is 4.90 Å². The summed E-state index contributed by atoms with van der Waals surface area (Å²) >= 11 is 0. The number of rotatable bonds is 4. The maximum Gasteiger partial charge on any atom is 0.243 e. The Kier molecular flexibility index (Phi) is 3.68. The van der Waals surface area contributed by atoms with Crippen LogP contribution in [0.2, 0.25) is 0 Å². The van der Waals surface area contributed by atoms with Crippen molar-refractivity contribution in [2.75, 3.05) is 13.1 Å². The lowest BCUT2D eigenvalue weighted by atomic mass is 9.97. The van der Waals surface area contributed by atoms with E-state index in [4.69, 9.17) is 11.5 Å². The average molecular weight is 213 g/mol. The highest BCUT2D eigenvalue weighted by atomic mass is 16.2. The zero-order chi connectivity index (χ0) is 11.5. The Morgan fingerprint density at radius 3 is 2.27 bits per heavy atom. The van der Waals surface area contributed by atoms with Crippen molar-refractivity contribution in [3.05, 3.63) is 0 Å². The molecule has 0 radical (unpaired) electrons. The molecule has 1 rings (SSSR count). The monoisotopic (exact) mass is 213 g/mol. The number of carbonyl (C=O) groups is 2. The summed E-state index contributed by atoms with van der Waals surface area (Å²) in [6.07, 6.45) is 3.38. The second kappa shape index (κ2) is 4.61. The van der Waals surface area contributed by atoms with Gasteiger partial charge in [-0.15, -0.1) is 0 Å². The Morgan fingerprint density at radius 1 is 1.33 bits per heavy atom. The van der Waals surface area contributed by atoms with E-state index in [0.29, 0.717) is 19.4 Å². The van der Waals surface area contributed by atoms with Crippen LogP contribution >= 0.6 is 0 Å². The lowest BCUT2D eigenvalue weighted by Crippen LogP contribution is -2.55. The van der Waals surface area contributed by atoms with Gasteiger partial charge in [0.2, 0.25) is 11.8 Å². The molecule has 0 spiro atoms. The third-order valence-electron chi connectivity index (χ3n) is 2.94. The zero-order valence-electron chi connectivity index (χ0n) is 9.16. The number of nitrogens with zero attached hydrogens (tertiary/aromatic N) is 1. The van der Waals surface area contributed by atoms with E-state index < -0.39 is 11.4 Å². The Morgan fingerprint density at radius 2 is 1.87 bits per heavy atom. The van der Waals surface area contributed by atoms with E-state index >= 15 is 0 Å². The Bertz CT molecular complexity index is 259. The molecule has 0 saturated heterocycles. The largest absolute Gasteiger partial charge is 0.368 e. The van der Waals surface area contributed by atoms with Gasteiger partial charge in [-0.3, -0.25) is 9.59 Å². The summed E-state index contributed by atoms with van der Waals surface area (Å²) in [7, 11) is 0. The van der Waals surface area contributed by atoms with Gasteiger partial charge in [0.1, 0.15) is 0 Å². The van der Waals surface area contributed by atoms with Gasteiger partial charge in [0, 0.05) is 6.54 Å². The summed E-state index contributed by atoms with van der Waals surface area (Å²) in [5.41, 5.74) is 10.3. The second-order valence-corrected chi connectivity index (χ2v) is 4.15. The number of hydrogen-bond acceptors (Lipinski definition) is 3. The highest BCUT2D eigenvalue weighted by Gasteiger charge is 2.39. The summed E-state index contributed by atoms with van der Waals surface area (Å²) in [5, 5.41) is 0. The molecule has 2 amide bonds. The van der Waals surface area contributed by atoms with Gasteiger partial charge in [-0.1, -0.05) is 12.8 Å². The molecule has 0 aromatic heterocycles. The van der Waals surface area contributed by atoms with Crippen molar-refractivity contribution < 1.29 is 9.59 Å². The maximum absolute atomic E-state index is 12.0. The Labute approximate surface area is 89.8 Å². The van der Waals surface area contributed by atoms with Crippen molar-refractivity contribution >= 4 is 11.8 Å². The highest BCUT2D eigenvalue weighted by Crippen LogP contribution is 2.28. The van der Waals surface area contributed by atoms with Crippen LogP contribution in [0.15, 0.2) is 0 Å². The fourth-order valence-electron chi connectivity index (χ4n) is 2.05. The molecule has 0 atom stereocenters. The number of carbonyl (C=O) groups excluding carboxylic acids is 2. The zero-order valence-corrected chi connectivity index (χ0v) is 9.16. The molecule has 0 bridgehead atoms. The van der Waals surface area contributed by atoms with E-state index in [-0.39, 0.29) is 12.5 Å². The fraction of sp³-hybridized carbons (Fsp3) is 0.800. The lowest BCUT2D eigenvalue weighted by Gasteiger charge is -2.29. The van der Waals surface area contributed by atoms with Gasteiger partial charge in [0.15, 0.2) is 0 Å². The minimum atomic E-state index is -0.758. The van der Waals surface area contributed by atoms with Crippen LogP contribution in [0.1, 0.15) is 32.6 Å². The Hall–Kier alpha value is -1.10. The van der Waals surface area contributed by atoms with E-state index in [1.165, 1.54) is 4.90 Å². The molecular formula is C10H19N3O2. The van der Waals surface area contributed by atoms with Gasteiger partial charge in [0.05, 0.1) is 12.1 Å². The van der Waals surface area contributed by atoms with E-state index in [9.17, 15) is 9.59 Å². The summed E-state index contributed by atoms with van der Waals surface area (Å²) in [5.74, 6) is -0.631. The first-order valence-electron chi connectivity index (χ1n) is 5.36. The molecule has 1 aliphatic carbocycles. The predicted molar refractivity (Wildman–Crippen MR) is 56.8 cm³/mol. The molecule has 0 aromatic rings. The van der Waals surface area contributed by atoms with E-state index in [1.54, 1.807) is 0 Å². The molecule has 5 nitrogen and oxygen atoms in total. The molecule has 1 aliphatic rings. The summed E-state index contributed by atoms with van der Waals surface area (Å²) in [4.78, 5) is 24.2. The molecule has 0 unspecified atom stereocenters. The lowest BCUT2D eigenvalue weighted by molar-refractivity contribution is -0.139. The molecule has 0 heterocycles. The first-order chi connectivity index (χ1) is 6.99. The summed E-state index contributed by atoms with van der Waals surface area (Å²) in [6.45, 7) is 2.26. The van der Waals surface area contributed by atoms with Crippen LogP contribution in [0.5, 0.6) is 0 Å². The van der Waals surface area contributed by atoms with Crippen molar-refractivity contribution in [3.8, 4) is 0 Å². The van der Waals surface area contributed by atoms with Crippen molar-refractivity contribution in [1.29, 1.82) is 0 Å². The second-order valence-electron chi connectivity index (χ2n) is 4.15. The van der Waals surface area contributed by atoms with E-state index in [2.05, 4.69) is 0 Å². The van der Waals surface area contributed by atoms with Crippen LogP contribution in [-0.2, 0) is 9.59 Å². The number of nitrogens with two attached hydrogens (primary N) is 2. The van der Waals surface area contributed by atoms with Crippen molar-refractivity contribution in [2.45, 2.75) is 38.1 Å². The van der Waals surface area contributed by atoms with Gasteiger partial charge < -0.3 is 16.4 Å². The molecule has 1 saturated carbocycles. The molecule has 86 valence electrons. The summed E-state index contributed by atoms with van der Waals surface area (Å²) < 4.78 is 0. The van der Waals surface area contributed by atoms with Crippen molar-refractivity contribution in [3.63, 3.8) is 0 Å². The molecule has 0 aliphatic heterocycles. The molecule has 1 fully saturated rings. The molecule has 0 aromatic carbocycles. The fourth-order valence-corrected chi connectivity index (χ4v) is 2.05. The number of hydrogen-bond donors (Lipinski definition) is 2.